The molecule has 0 aromatic carbocycles. The van der Waals surface area contributed by atoms with E-state index < -0.39 is 0 Å². The Balaban J connectivity index is 1.53. The van der Waals surface area contributed by atoms with Gasteiger partial charge in [-0.05, 0) is 25.3 Å². The third-order valence-electron chi connectivity index (χ3n) is 4.53. The monoisotopic (exact) mass is 316 g/mol. The molecule has 3 heterocycles. The molecule has 1 saturated carbocycles. The van der Waals surface area contributed by atoms with Gasteiger partial charge >= 0.3 is 0 Å². The van der Waals surface area contributed by atoms with Crippen molar-refractivity contribution in [1.82, 2.24) is 14.9 Å². The van der Waals surface area contributed by atoms with E-state index in [1.54, 1.807) is 17.7 Å². The third kappa shape index (κ3) is 2.45. The molecule has 2 aliphatic rings. The van der Waals surface area contributed by atoms with Crippen LogP contribution in [0.5, 0.6) is 0 Å². The first-order chi connectivity index (χ1) is 10.8. The number of anilines is 1. The summed E-state index contributed by atoms with van der Waals surface area (Å²) >= 11 is 1.75. The van der Waals surface area contributed by atoms with Crippen molar-refractivity contribution in [2.24, 2.45) is 5.92 Å². The maximum atomic E-state index is 12.1. The molecule has 2 aromatic heterocycles. The van der Waals surface area contributed by atoms with E-state index in [4.69, 9.17) is 0 Å². The van der Waals surface area contributed by atoms with Gasteiger partial charge < -0.3 is 9.80 Å². The number of rotatable bonds is 3. The lowest BCUT2D eigenvalue weighted by molar-refractivity contribution is -0.132. The standard InChI is InChI=1S/C16H20N4OS/c1-2-12-9-13-14(17-10-18-15(13)22-12)19-5-7-20(8-6-19)16(21)11-3-4-11/h9-11H,2-8H2,1H3. The highest BCUT2D eigenvalue weighted by atomic mass is 32.1. The summed E-state index contributed by atoms with van der Waals surface area (Å²) in [6, 6.07) is 2.22. The highest BCUT2D eigenvalue weighted by molar-refractivity contribution is 7.18. The van der Waals surface area contributed by atoms with Gasteiger partial charge in [0.25, 0.3) is 0 Å². The first-order valence-corrected chi connectivity index (χ1v) is 8.85. The van der Waals surface area contributed by atoms with Gasteiger partial charge in [0.15, 0.2) is 0 Å². The number of carbonyl (C=O) groups is 1. The van der Waals surface area contributed by atoms with Crippen LogP contribution < -0.4 is 4.90 Å². The predicted octanol–water partition coefficient (Wildman–Crippen LogP) is 2.31. The van der Waals surface area contributed by atoms with E-state index in [0.29, 0.717) is 11.8 Å². The Bertz CT molecular complexity index is 701. The summed E-state index contributed by atoms with van der Waals surface area (Å²) in [5.74, 6) is 1.71. The minimum atomic E-state index is 0.321. The number of fused-ring (bicyclic) bond motifs is 1. The Labute approximate surface area is 134 Å². The van der Waals surface area contributed by atoms with Crippen LogP contribution in [0.25, 0.3) is 10.2 Å². The normalized spacial score (nSPS) is 19.0. The van der Waals surface area contributed by atoms with Gasteiger partial charge in [-0.1, -0.05) is 6.92 Å². The molecule has 6 heteroatoms. The molecule has 5 nitrogen and oxygen atoms in total. The van der Waals surface area contributed by atoms with Crippen LogP contribution >= 0.6 is 11.3 Å². The maximum Gasteiger partial charge on any atom is 0.225 e. The van der Waals surface area contributed by atoms with E-state index in [-0.39, 0.29) is 0 Å². The van der Waals surface area contributed by atoms with Gasteiger partial charge in [-0.25, -0.2) is 9.97 Å². The largest absolute Gasteiger partial charge is 0.352 e. The molecule has 0 N–H and O–H groups in total. The summed E-state index contributed by atoms with van der Waals surface area (Å²) in [6.07, 6.45) is 4.86. The van der Waals surface area contributed by atoms with Crippen molar-refractivity contribution in [3.8, 4) is 0 Å². The lowest BCUT2D eigenvalue weighted by atomic mass is 10.2. The summed E-state index contributed by atoms with van der Waals surface area (Å²) < 4.78 is 0. The van der Waals surface area contributed by atoms with E-state index in [9.17, 15) is 4.79 Å². The molecule has 1 aliphatic carbocycles. The minimum Gasteiger partial charge on any atom is -0.352 e. The van der Waals surface area contributed by atoms with E-state index in [1.807, 2.05) is 4.90 Å². The number of aromatic nitrogens is 2. The van der Waals surface area contributed by atoms with Crippen LogP contribution in [0.4, 0.5) is 5.82 Å². The minimum absolute atomic E-state index is 0.321. The number of nitrogens with zero attached hydrogens (tertiary/aromatic N) is 4. The summed E-state index contributed by atoms with van der Waals surface area (Å²) in [5, 5.41) is 1.16. The Morgan fingerprint density at radius 2 is 2.05 bits per heavy atom. The van der Waals surface area contributed by atoms with Crippen LogP contribution in [0.1, 0.15) is 24.6 Å². The Hall–Kier alpha value is -1.69. The lowest BCUT2D eigenvalue weighted by Crippen LogP contribution is -2.49. The van der Waals surface area contributed by atoms with Crippen molar-refractivity contribution >= 4 is 33.3 Å². The van der Waals surface area contributed by atoms with Gasteiger partial charge in [0.2, 0.25) is 5.91 Å². The summed E-state index contributed by atoms with van der Waals surface area (Å²) in [7, 11) is 0. The van der Waals surface area contributed by atoms with Gasteiger partial charge in [0.1, 0.15) is 17.0 Å². The first kappa shape index (κ1) is 13.9. The van der Waals surface area contributed by atoms with Crippen LogP contribution in [-0.4, -0.2) is 47.0 Å². The van der Waals surface area contributed by atoms with Crippen LogP contribution in [0, 0.1) is 5.92 Å². The third-order valence-corrected chi connectivity index (χ3v) is 5.71. The zero-order valence-corrected chi connectivity index (χ0v) is 13.6. The molecule has 116 valence electrons. The molecular formula is C16H20N4OS. The van der Waals surface area contributed by atoms with Gasteiger partial charge in [-0.15, -0.1) is 11.3 Å². The second-order valence-electron chi connectivity index (χ2n) is 6.07. The smallest absolute Gasteiger partial charge is 0.225 e. The van der Waals surface area contributed by atoms with E-state index in [0.717, 1.165) is 61.5 Å². The average molecular weight is 316 g/mol. The molecule has 4 rings (SSSR count). The highest BCUT2D eigenvalue weighted by Crippen LogP contribution is 2.33. The quantitative estimate of drug-likeness (QED) is 0.872. The number of amides is 1. The Morgan fingerprint density at radius 1 is 1.27 bits per heavy atom. The molecule has 1 saturated heterocycles. The number of piperazine rings is 1. The number of carbonyl (C=O) groups excluding carboxylic acids is 1. The summed E-state index contributed by atoms with van der Waals surface area (Å²) in [4.78, 5) is 27.8. The molecule has 0 atom stereocenters. The molecule has 1 amide bonds. The zero-order chi connectivity index (χ0) is 15.1. The summed E-state index contributed by atoms with van der Waals surface area (Å²) in [6.45, 7) is 5.51. The van der Waals surface area contributed by atoms with Gasteiger partial charge in [0.05, 0.1) is 5.39 Å². The highest BCUT2D eigenvalue weighted by Gasteiger charge is 2.34. The van der Waals surface area contributed by atoms with Gasteiger partial charge in [-0.2, -0.15) is 0 Å². The van der Waals surface area contributed by atoms with Crippen LogP contribution in [0.3, 0.4) is 0 Å². The van der Waals surface area contributed by atoms with Crippen molar-refractivity contribution in [3.63, 3.8) is 0 Å². The van der Waals surface area contributed by atoms with Crippen molar-refractivity contribution in [1.29, 1.82) is 0 Å². The van der Waals surface area contributed by atoms with Gasteiger partial charge in [0, 0.05) is 37.0 Å². The molecule has 2 fully saturated rings. The topological polar surface area (TPSA) is 49.3 Å². The fourth-order valence-corrected chi connectivity index (χ4v) is 3.98. The van der Waals surface area contributed by atoms with Crippen molar-refractivity contribution in [3.05, 3.63) is 17.3 Å². The molecule has 22 heavy (non-hydrogen) atoms. The summed E-state index contributed by atoms with van der Waals surface area (Å²) in [5.41, 5.74) is 0. The van der Waals surface area contributed by atoms with E-state index in [2.05, 4.69) is 27.9 Å². The fraction of sp³-hybridized carbons (Fsp3) is 0.562. The molecule has 0 spiro atoms. The SMILES string of the molecule is CCc1cc2c(N3CCN(C(=O)C4CC4)CC3)ncnc2s1. The second-order valence-corrected chi connectivity index (χ2v) is 7.18. The average Bonchev–Trinajstić information content (AvgIpc) is 3.32. The molecular weight excluding hydrogens is 296 g/mol. The molecule has 0 radical (unpaired) electrons. The van der Waals surface area contributed by atoms with Crippen molar-refractivity contribution in [2.45, 2.75) is 26.2 Å². The number of thiophene rings is 1. The number of hydrogen-bond acceptors (Lipinski definition) is 5. The first-order valence-electron chi connectivity index (χ1n) is 8.03. The molecule has 1 aliphatic heterocycles. The second kappa shape index (κ2) is 5.50. The van der Waals surface area contributed by atoms with E-state index >= 15 is 0 Å². The van der Waals surface area contributed by atoms with Crippen LogP contribution in [0.2, 0.25) is 0 Å². The molecule has 0 bridgehead atoms. The molecule has 2 aromatic rings. The number of hydrogen-bond donors (Lipinski definition) is 0. The maximum absolute atomic E-state index is 12.1. The fourth-order valence-electron chi connectivity index (χ4n) is 3.05. The van der Waals surface area contributed by atoms with Crippen LogP contribution in [-0.2, 0) is 11.2 Å². The van der Waals surface area contributed by atoms with E-state index in [1.165, 1.54) is 4.88 Å². The lowest BCUT2D eigenvalue weighted by Gasteiger charge is -2.35. The van der Waals surface area contributed by atoms with Crippen molar-refractivity contribution < 1.29 is 4.79 Å². The van der Waals surface area contributed by atoms with Crippen molar-refractivity contribution in [2.75, 3.05) is 31.1 Å². The van der Waals surface area contributed by atoms with Gasteiger partial charge in [-0.3, -0.25) is 4.79 Å². The Morgan fingerprint density at radius 3 is 2.73 bits per heavy atom. The Kier molecular flexibility index (Phi) is 3.48. The predicted molar refractivity (Wildman–Crippen MR) is 88.3 cm³/mol. The molecule has 0 unspecified atom stereocenters. The van der Waals surface area contributed by atoms with Crippen LogP contribution in [0.15, 0.2) is 12.4 Å². The zero-order valence-electron chi connectivity index (χ0n) is 12.8. The number of aryl methyl sites for hydroxylation is 1.